The van der Waals surface area contributed by atoms with Gasteiger partial charge in [0.1, 0.15) is 0 Å². The van der Waals surface area contributed by atoms with Crippen LogP contribution in [0.3, 0.4) is 0 Å². The monoisotopic (exact) mass is 844 g/mol. The van der Waals surface area contributed by atoms with Crippen molar-refractivity contribution in [1.29, 1.82) is 0 Å². The van der Waals surface area contributed by atoms with Crippen molar-refractivity contribution in [3.63, 3.8) is 0 Å². The van der Waals surface area contributed by atoms with Crippen LogP contribution in [-0.2, 0) is 14.3 Å². The van der Waals surface area contributed by atoms with Crippen LogP contribution in [0.25, 0.3) is 32.9 Å². The number of rotatable bonds is 10. The Hall–Kier alpha value is -3.16. The maximum atomic E-state index is 11.5. The number of halogens is 2. The molecule has 0 unspecified atom stereocenters. The second-order valence-electron chi connectivity index (χ2n) is 11.7. The van der Waals surface area contributed by atoms with Gasteiger partial charge in [-0.15, -0.1) is 20.4 Å². The number of benzene rings is 4. The standard InChI is InChI=1S/C18H16BrN3O2S.C17H14BrN3O2S.Li.H2O/c1-24-16(23)10-25-18-21-20-17(19)22(18)15-9-8-12(11-6-7-11)13-4-2-3-5-14(13)15;18-16-19-20-17(24-9-15(22)23)21(16)14-8-7-11(10-5-6-10)12-3-1-2-4-13(12)14;;/h2-5,8-9,11H,6-7,10H2,1H3;1-4,7-8,10H,5-6,9H2,(H,22,23);;1H2/q;;+1;/p-1. The van der Waals surface area contributed by atoms with E-state index in [0.29, 0.717) is 31.6 Å². The zero-order valence-corrected chi connectivity index (χ0v) is 32.5. The molecule has 2 aromatic heterocycles. The van der Waals surface area contributed by atoms with E-state index in [1.54, 1.807) is 0 Å². The smallest absolute Gasteiger partial charge is 0.870 e. The minimum atomic E-state index is -0.875. The third-order valence-electron chi connectivity index (χ3n) is 8.44. The van der Waals surface area contributed by atoms with Crippen molar-refractivity contribution in [2.75, 3.05) is 18.6 Å². The first-order chi connectivity index (χ1) is 23.8. The molecule has 51 heavy (non-hydrogen) atoms. The number of carbonyl (C=O) groups is 2. The van der Waals surface area contributed by atoms with E-state index in [1.165, 1.54) is 66.5 Å². The number of ether oxygens (including phenoxy) is 1. The molecule has 2 heterocycles. The Kier molecular flexibility index (Phi) is 13.1. The number of hydrogen-bond acceptors (Lipinski definition) is 10. The summed E-state index contributed by atoms with van der Waals surface area (Å²) in [5.74, 6) is 0.318. The molecular weight excluding hydrogens is 815 g/mol. The Morgan fingerprint density at radius 1 is 0.706 bits per heavy atom. The number of carboxylic acid groups (broad SMARTS) is 1. The summed E-state index contributed by atoms with van der Waals surface area (Å²) in [4.78, 5) is 22.3. The third-order valence-corrected chi connectivity index (χ3v) is 11.3. The molecule has 2 aliphatic carbocycles. The topological polar surface area (TPSA) is 155 Å². The quantitative estimate of drug-likeness (QED) is 0.107. The van der Waals surface area contributed by atoms with Gasteiger partial charge in [-0.1, -0.05) is 84.2 Å². The summed E-state index contributed by atoms with van der Waals surface area (Å²) in [6.07, 6.45) is 5.03. The van der Waals surface area contributed by atoms with E-state index in [-0.39, 0.29) is 41.8 Å². The van der Waals surface area contributed by atoms with Crippen molar-refractivity contribution in [2.45, 2.75) is 47.8 Å². The summed E-state index contributed by atoms with van der Waals surface area (Å²) in [7, 11) is 1.38. The predicted octanol–water partition coefficient (Wildman–Crippen LogP) is 5.39. The molecule has 16 heteroatoms. The number of carbonyl (C=O) groups excluding carboxylic acids is 1. The Bertz CT molecular complexity index is 2210. The predicted molar refractivity (Wildman–Crippen MR) is 200 cm³/mol. The van der Waals surface area contributed by atoms with Gasteiger partial charge in [-0.2, -0.15) is 0 Å². The zero-order chi connectivity index (χ0) is 34.1. The molecule has 0 spiro atoms. The van der Waals surface area contributed by atoms with E-state index < -0.39 is 5.97 Å². The average Bonchev–Trinajstić information content (AvgIpc) is 4.06. The van der Waals surface area contributed by atoms with Crippen LogP contribution in [0.5, 0.6) is 0 Å². The number of methoxy groups -OCH3 is 1. The molecule has 0 bridgehead atoms. The second-order valence-corrected chi connectivity index (χ2v) is 15.0. The van der Waals surface area contributed by atoms with Gasteiger partial charge < -0.3 is 15.3 Å². The second kappa shape index (κ2) is 17.1. The minimum Gasteiger partial charge on any atom is -0.870 e. The fourth-order valence-electron chi connectivity index (χ4n) is 5.91. The maximum absolute atomic E-state index is 11.5. The molecule has 2 aliphatic rings. The number of fused-ring (bicyclic) bond motifs is 2. The van der Waals surface area contributed by atoms with Gasteiger partial charge in [0.05, 0.1) is 30.0 Å². The van der Waals surface area contributed by atoms with Gasteiger partial charge in [0.25, 0.3) is 0 Å². The first-order valence-corrected chi connectivity index (χ1v) is 19.2. The number of hydrogen-bond donors (Lipinski definition) is 1. The van der Waals surface area contributed by atoms with Crippen molar-refractivity contribution in [2.24, 2.45) is 0 Å². The van der Waals surface area contributed by atoms with Crippen molar-refractivity contribution >= 4 is 88.9 Å². The van der Waals surface area contributed by atoms with E-state index in [1.807, 2.05) is 21.3 Å². The number of nitrogens with zero attached hydrogens (tertiary/aromatic N) is 6. The Morgan fingerprint density at radius 3 is 1.51 bits per heavy atom. The largest absolute Gasteiger partial charge is 1.00 e. The van der Waals surface area contributed by atoms with Crippen LogP contribution in [-0.4, -0.2) is 70.7 Å². The van der Waals surface area contributed by atoms with E-state index in [4.69, 9.17) is 9.84 Å². The number of carboxylic acids is 1. The molecule has 0 aliphatic heterocycles. The summed E-state index contributed by atoms with van der Waals surface area (Å²) in [6, 6.07) is 25.3. The fourth-order valence-corrected chi connectivity index (χ4v) is 8.46. The van der Waals surface area contributed by atoms with Gasteiger partial charge >= 0.3 is 30.8 Å². The molecular formula is C35H31Br2LiN6O5S2. The van der Waals surface area contributed by atoms with Gasteiger partial charge in [0.15, 0.2) is 10.3 Å². The molecule has 0 atom stereocenters. The van der Waals surface area contributed by atoms with Crippen LogP contribution < -0.4 is 18.9 Å². The van der Waals surface area contributed by atoms with Crippen molar-refractivity contribution in [1.82, 2.24) is 29.5 Å². The molecule has 2 fully saturated rings. The van der Waals surface area contributed by atoms with Crippen LogP contribution in [0.15, 0.2) is 92.6 Å². The first kappa shape index (κ1) is 39.1. The summed E-state index contributed by atoms with van der Waals surface area (Å²) in [6.45, 7) is 0. The van der Waals surface area contributed by atoms with E-state index in [2.05, 4.69) is 113 Å². The number of aromatic nitrogens is 6. The number of esters is 1. The third kappa shape index (κ3) is 8.57. The van der Waals surface area contributed by atoms with Gasteiger partial charge in [-0.05, 0) is 103 Å². The van der Waals surface area contributed by atoms with Crippen LogP contribution >= 0.6 is 55.4 Å². The molecule has 2 N–H and O–H groups in total. The molecule has 11 nitrogen and oxygen atoms in total. The first-order valence-electron chi connectivity index (χ1n) is 15.6. The minimum absolute atomic E-state index is 0. The van der Waals surface area contributed by atoms with Gasteiger partial charge in [0, 0.05) is 10.8 Å². The van der Waals surface area contributed by atoms with Crippen molar-refractivity contribution < 1.29 is 43.8 Å². The fraction of sp³-hybridized carbons (Fsp3) is 0.257. The van der Waals surface area contributed by atoms with Crippen molar-refractivity contribution in [3.05, 3.63) is 93.4 Å². The molecule has 2 saturated carbocycles. The molecule has 4 aromatic carbocycles. The Balaban J connectivity index is 0.000000190. The molecule has 258 valence electrons. The average molecular weight is 847 g/mol. The number of thioether (sulfide) groups is 2. The Labute approximate surface area is 331 Å². The molecule has 8 rings (SSSR count). The molecule has 0 amide bonds. The van der Waals surface area contributed by atoms with Crippen LogP contribution in [0.1, 0.15) is 48.6 Å². The summed E-state index contributed by atoms with van der Waals surface area (Å²) in [5.41, 5.74) is 4.76. The maximum Gasteiger partial charge on any atom is 1.00 e. The van der Waals surface area contributed by atoms with Crippen LogP contribution in [0.2, 0.25) is 0 Å². The Morgan fingerprint density at radius 2 is 1.12 bits per heavy atom. The molecule has 6 aromatic rings. The normalized spacial score (nSPS) is 13.5. The zero-order valence-electron chi connectivity index (χ0n) is 27.7. The van der Waals surface area contributed by atoms with E-state index in [0.717, 1.165) is 33.9 Å². The summed E-state index contributed by atoms with van der Waals surface area (Å²) in [5, 5.41) is 31.4. The van der Waals surface area contributed by atoms with E-state index >= 15 is 0 Å². The van der Waals surface area contributed by atoms with Gasteiger partial charge in [-0.3, -0.25) is 18.7 Å². The van der Waals surface area contributed by atoms with E-state index in [9.17, 15) is 9.59 Å². The van der Waals surface area contributed by atoms with Gasteiger partial charge in [-0.25, -0.2) is 0 Å². The SMILES string of the molecule is COC(=O)CSc1nnc(Br)n1-c1ccc(C2CC2)c2ccccc12.O=C(O)CSc1nnc(Br)n1-c1ccc(C2CC2)c2ccccc12.[Li+].[OH-]. The molecule has 0 saturated heterocycles. The summed E-state index contributed by atoms with van der Waals surface area (Å²) >= 11 is 9.39. The van der Waals surface area contributed by atoms with Crippen LogP contribution in [0, 0.1) is 0 Å². The van der Waals surface area contributed by atoms with Crippen molar-refractivity contribution in [3.8, 4) is 11.4 Å². The number of aliphatic carboxylic acids is 1. The van der Waals surface area contributed by atoms with Crippen LogP contribution in [0.4, 0.5) is 0 Å². The van der Waals surface area contributed by atoms with Gasteiger partial charge in [0.2, 0.25) is 9.47 Å². The summed E-state index contributed by atoms with van der Waals surface area (Å²) < 4.78 is 9.70. The molecule has 0 radical (unpaired) electrons.